The van der Waals surface area contributed by atoms with Crippen LogP contribution in [0.4, 0.5) is 0 Å². The number of phosphoric ester groups is 1. The second-order valence-electron chi connectivity index (χ2n) is 22.2. The largest absolute Gasteiger partial charge is 0.472 e. The fraction of sp³-hybridized carbons (Fsp3) is 0.634. The number of hydrogen-bond donors (Lipinski definition) is 2. The van der Waals surface area contributed by atoms with Gasteiger partial charge >= 0.3 is 13.8 Å². The zero-order chi connectivity index (χ0) is 59.3. The van der Waals surface area contributed by atoms with Crippen molar-refractivity contribution in [1.29, 1.82) is 0 Å². The minimum absolute atomic E-state index is 0.0228. The van der Waals surface area contributed by atoms with Gasteiger partial charge in [-0.2, -0.15) is 0 Å². The van der Waals surface area contributed by atoms with E-state index in [0.717, 1.165) is 154 Å². The molecule has 3 unspecified atom stereocenters. The Morgan fingerprint density at radius 1 is 0.444 bits per heavy atom. The maximum Gasteiger partial charge on any atom is 0.472 e. The fourth-order valence-electron chi connectivity index (χ4n) is 8.38. The van der Waals surface area contributed by atoms with Crippen LogP contribution in [0.15, 0.2) is 146 Å². The Balaban J connectivity index is 5.26. The van der Waals surface area contributed by atoms with Crippen molar-refractivity contribution in [3.8, 4) is 0 Å². The van der Waals surface area contributed by atoms with Crippen molar-refractivity contribution in [2.24, 2.45) is 0 Å². The molecule has 460 valence electrons. The van der Waals surface area contributed by atoms with E-state index in [2.05, 4.69) is 160 Å². The van der Waals surface area contributed by atoms with Crippen molar-refractivity contribution >= 4 is 19.7 Å². The molecule has 0 heterocycles. The van der Waals surface area contributed by atoms with Gasteiger partial charge < -0.3 is 19.4 Å². The van der Waals surface area contributed by atoms with Crippen LogP contribution in [0.3, 0.4) is 0 Å². The number of amides is 1. The van der Waals surface area contributed by atoms with Gasteiger partial charge in [0, 0.05) is 12.8 Å². The molecule has 3 atom stereocenters. The molecule has 0 aromatic rings. The molecule has 0 aliphatic rings. The van der Waals surface area contributed by atoms with E-state index < -0.39 is 20.0 Å². The van der Waals surface area contributed by atoms with Gasteiger partial charge in [0.1, 0.15) is 19.3 Å². The zero-order valence-corrected chi connectivity index (χ0v) is 53.4. The van der Waals surface area contributed by atoms with E-state index in [1.54, 1.807) is 0 Å². The zero-order valence-electron chi connectivity index (χ0n) is 52.5. The third-order valence-electron chi connectivity index (χ3n) is 13.3. The van der Waals surface area contributed by atoms with E-state index >= 15 is 0 Å². The molecule has 0 aliphatic carbocycles. The molecule has 0 bridgehead atoms. The second-order valence-corrected chi connectivity index (χ2v) is 23.6. The summed E-state index contributed by atoms with van der Waals surface area (Å²) in [6.07, 6.45) is 85.6. The first-order valence-corrected chi connectivity index (χ1v) is 33.7. The Morgan fingerprint density at radius 2 is 0.790 bits per heavy atom. The number of rotatable bonds is 56. The molecule has 0 fully saturated rings. The summed E-state index contributed by atoms with van der Waals surface area (Å²) >= 11 is 0. The first-order chi connectivity index (χ1) is 39.4. The molecule has 0 rings (SSSR count). The van der Waals surface area contributed by atoms with Crippen LogP contribution >= 0.6 is 7.82 Å². The predicted molar refractivity (Wildman–Crippen MR) is 350 cm³/mol. The van der Waals surface area contributed by atoms with Crippen LogP contribution in [0.1, 0.15) is 239 Å². The van der Waals surface area contributed by atoms with E-state index in [1.165, 1.54) is 44.9 Å². The lowest BCUT2D eigenvalue weighted by Gasteiger charge is -2.27. The Morgan fingerprint density at radius 3 is 1.20 bits per heavy atom. The van der Waals surface area contributed by atoms with Crippen molar-refractivity contribution in [2.45, 2.75) is 251 Å². The summed E-state index contributed by atoms with van der Waals surface area (Å²) in [5.41, 5.74) is 0. The average Bonchev–Trinajstić information content (AvgIpc) is 3.44. The van der Waals surface area contributed by atoms with E-state index in [-0.39, 0.29) is 31.5 Å². The highest BCUT2D eigenvalue weighted by atomic mass is 31.2. The van der Waals surface area contributed by atoms with Gasteiger partial charge in [0.05, 0.1) is 33.8 Å². The molecule has 2 N–H and O–H groups in total. The summed E-state index contributed by atoms with van der Waals surface area (Å²) in [6, 6.07) is -0.882. The Hall–Kier alpha value is -4.11. The molecule has 9 nitrogen and oxygen atoms in total. The van der Waals surface area contributed by atoms with E-state index in [4.69, 9.17) is 13.8 Å². The summed E-state index contributed by atoms with van der Waals surface area (Å²) in [5.74, 6) is -0.572. The molecule has 10 heteroatoms. The van der Waals surface area contributed by atoms with E-state index in [9.17, 15) is 19.0 Å². The third-order valence-corrected chi connectivity index (χ3v) is 14.3. The number of likely N-dealkylation sites (N-methyl/N-ethyl adjacent to an activating group) is 1. The Kier molecular flexibility index (Phi) is 56.1. The van der Waals surface area contributed by atoms with Gasteiger partial charge in [-0.1, -0.05) is 244 Å². The van der Waals surface area contributed by atoms with E-state index in [1.807, 2.05) is 33.3 Å². The highest BCUT2D eigenvalue weighted by Crippen LogP contribution is 2.43. The lowest BCUT2D eigenvalue weighted by molar-refractivity contribution is -0.870. The van der Waals surface area contributed by atoms with Crippen molar-refractivity contribution < 1.29 is 37.3 Å². The summed E-state index contributed by atoms with van der Waals surface area (Å²) in [5, 5.41) is 3.04. The topological polar surface area (TPSA) is 111 Å². The number of allylic oxidation sites excluding steroid dienone is 23. The molecular weight excluding hydrogens is 1020 g/mol. The van der Waals surface area contributed by atoms with Gasteiger partial charge in [0.25, 0.3) is 0 Å². The third kappa shape index (κ3) is 60.3. The van der Waals surface area contributed by atoms with Crippen molar-refractivity contribution in [1.82, 2.24) is 5.32 Å². The highest BCUT2D eigenvalue weighted by molar-refractivity contribution is 7.47. The monoisotopic (exact) mass is 1140 g/mol. The van der Waals surface area contributed by atoms with Gasteiger partial charge in [-0.3, -0.25) is 18.6 Å². The molecule has 0 aliphatic heterocycles. The van der Waals surface area contributed by atoms with Crippen molar-refractivity contribution in [2.75, 3.05) is 40.9 Å². The van der Waals surface area contributed by atoms with Crippen LogP contribution in [0.25, 0.3) is 0 Å². The number of carbonyl (C=O) groups is 2. The number of ether oxygens (including phenoxy) is 1. The maximum absolute atomic E-state index is 13.6. The van der Waals surface area contributed by atoms with Crippen molar-refractivity contribution in [3.63, 3.8) is 0 Å². The SMILES string of the molecule is CC/C=C\C/C=C\C/C=C\C/C=C\C/C=C\C/C=C\CCCCCCCCC(=O)NC(COP(=O)(O)OCC[N+](C)(C)C)C(/C=C\CCCCCCCCCCC)OC(=O)CCCCC/C=C\C/C=C\C/C=C\C/C=C\C/C=C\CC. The smallest absolute Gasteiger partial charge is 0.456 e. The van der Waals surface area contributed by atoms with Crippen LogP contribution in [0.2, 0.25) is 0 Å². The van der Waals surface area contributed by atoms with Crippen LogP contribution < -0.4 is 5.32 Å². The molecular formula is C71H120N2O7P+. The molecule has 0 aromatic heterocycles. The van der Waals surface area contributed by atoms with Gasteiger partial charge in [-0.15, -0.1) is 0 Å². The summed E-state index contributed by atoms with van der Waals surface area (Å²) in [7, 11) is 1.44. The Labute approximate surface area is 498 Å². The summed E-state index contributed by atoms with van der Waals surface area (Å²) < 4.78 is 30.7. The van der Waals surface area contributed by atoms with Crippen LogP contribution in [0.5, 0.6) is 0 Å². The van der Waals surface area contributed by atoms with Crippen LogP contribution in [-0.4, -0.2) is 74.3 Å². The van der Waals surface area contributed by atoms with E-state index in [0.29, 0.717) is 23.9 Å². The van der Waals surface area contributed by atoms with Crippen LogP contribution in [-0.2, 0) is 27.9 Å². The van der Waals surface area contributed by atoms with Gasteiger partial charge in [0.15, 0.2) is 0 Å². The molecule has 0 saturated heterocycles. The summed E-state index contributed by atoms with van der Waals surface area (Å²) in [6.45, 7) is 6.72. The number of nitrogens with one attached hydrogen (secondary N) is 1. The lowest BCUT2D eigenvalue weighted by Crippen LogP contribution is -2.47. The minimum Gasteiger partial charge on any atom is -0.456 e. The van der Waals surface area contributed by atoms with Crippen molar-refractivity contribution in [3.05, 3.63) is 146 Å². The molecule has 0 saturated carbocycles. The quantitative estimate of drug-likeness (QED) is 0.0205. The highest BCUT2D eigenvalue weighted by Gasteiger charge is 2.30. The number of quaternary nitrogens is 1. The predicted octanol–water partition coefficient (Wildman–Crippen LogP) is 20.2. The molecule has 0 radical (unpaired) electrons. The molecule has 0 spiro atoms. The number of nitrogens with zero attached hydrogens (tertiary/aromatic N) is 1. The molecule has 0 aromatic carbocycles. The number of unbranched alkanes of at least 4 members (excludes halogenated alkanes) is 18. The fourth-order valence-corrected chi connectivity index (χ4v) is 9.12. The average molecular weight is 1140 g/mol. The first kappa shape index (κ1) is 76.9. The van der Waals surface area contributed by atoms with Gasteiger partial charge in [-0.05, 0) is 128 Å². The first-order valence-electron chi connectivity index (χ1n) is 32.2. The Bertz CT molecular complexity index is 1890. The van der Waals surface area contributed by atoms with Gasteiger partial charge in [-0.25, -0.2) is 4.57 Å². The number of hydrogen-bond acceptors (Lipinski definition) is 6. The maximum atomic E-state index is 13.6. The standard InChI is InChI=1S/C71H119N2O7P/c1-7-10-13-16-19-22-25-27-29-31-33-34-35-36-37-38-40-41-43-45-48-51-54-57-60-63-70(74)72-68(67-79-81(76,77)78-66-65-73(4,5)6)69(62-59-56-53-50-47-24-21-18-15-12-9-3)80-71(75)64-61-58-55-52-49-46-44-42-39-32-30-28-26-23-20-17-14-11-8-2/h10-11,13-14,19-20,22-23,27-30,33-34,36-37,39-42,46,49,59,62,68-69H,7-9,12,15-18,21,24-26,31-32,35,38,43-45,47-48,50-58,60-61,63-67H2,1-6H3,(H-,72,74,76,77)/p+1/b13-10-,14-11-,22-19-,23-20-,29-27-,30-28-,34-33-,37-36-,41-40-,42-39-,49-46-,62-59-. The minimum atomic E-state index is -4.47. The second kappa shape index (κ2) is 59.1. The van der Waals surface area contributed by atoms with Gasteiger partial charge in [0.2, 0.25) is 5.91 Å². The number of carbonyl (C=O) groups excluding carboxylic acids is 2. The number of esters is 1. The molecule has 81 heavy (non-hydrogen) atoms. The normalized spacial score (nSPS) is 14.6. The lowest BCUT2D eigenvalue weighted by atomic mass is 10.1. The van der Waals surface area contributed by atoms with Crippen LogP contribution in [0, 0.1) is 0 Å². The molecule has 1 amide bonds. The number of phosphoric acid groups is 1. The summed E-state index contributed by atoms with van der Waals surface area (Å²) in [4.78, 5) is 37.7.